The predicted molar refractivity (Wildman–Crippen MR) is 99.6 cm³/mol. The topological polar surface area (TPSA) is 89.6 Å². The van der Waals surface area contributed by atoms with E-state index in [0.29, 0.717) is 23.8 Å². The van der Waals surface area contributed by atoms with Gasteiger partial charge < -0.3 is 15.4 Å². The zero-order valence-electron chi connectivity index (χ0n) is 14.6. The minimum atomic E-state index is -0.399. The Labute approximate surface area is 151 Å². The summed E-state index contributed by atoms with van der Waals surface area (Å²) in [6.07, 6.45) is 13.0. The Hall–Kier alpha value is -2.34. The minimum absolute atomic E-state index is 0.399. The van der Waals surface area contributed by atoms with Crippen molar-refractivity contribution in [3.63, 3.8) is 0 Å². The molecule has 4 aliphatic rings. The molecule has 4 aliphatic carbocycles. The number of pyridine rings is 1. The number of nitrogens with one attached hydrogen (secondary N) is 3. The van der Waals surface area contributed by atoms with Gasteiger partial charge in [0.05, 0.1) is 17.5 Å². The molecule has 0 spiro atoms. The summed E-state index contributed by atoms with van der Waals surface area (Å²) >= 11 is 0. The Morgan fingerprint density at radius 2 is 2.00 bits per heavy atom. The van der Waals surface area contributed by atoms with E-state index in [1.165, 1.54) is 12.8 Å². The van der Waals surface area contributed by atoms with E-state index in [1.807, 2.05) is 24.8 Å². The van der Waals surface area contributed by atoms with E-state index in [1.54, 1.807) is 0 Å². The summed E-state index contributed by atoms with van der Waals surface area (Å²) in [4.78, 5) is 7.80. The Morgan fingerprint density at radius 1 is 1.15 bits per heavy atom. The third-order valence-electron chi connectivity index (χ3n) is 6.95. The minimum Gasteiger partial charge on any atom is -0.390 e. The van der Waals surface area contributed by atoms with Gasteiger partial charge in [-0.1, -0.05) is 0 Å². The lowest BCUT2D eigenvalue weighted by molar-refractivity contribution is -0.129. The fourth-order valence-electron chi connectivity index (χ4n) is 6.16. The number of aromatic nitrogens is 4. The molecular formula is C20H23N5O. The monoisotopic (exact) mass is 349 g/mol. The molecular weight excluding hydrogens is 326 g/mol. The summed E-state index contributed by atoms with van der Waals surface area (Å²) < 4.78 is 0. The molecule has 7 rings (SSSR count). The second-order valence-corrected chi connectivity index (χ2v) is 8.64. The molecule has 134 valence electrons. The number of nitrogens with zero attached hydrogens (tertiary/aromatic N) is 2. The number of aromatic amines is 2. The molecule has 6 nitrogen and oxygen atoms in total. The van der Waals surface area contributed by atoms with Crippen molar-refractivity contribution in [1.29, 1.82) is 0 Å². The molecule has 0 amide bonds. The molecule has 0 aromatic carbocycles. The highest BCUT2D eigenvalue weighted by molar-refractivity contribution is 5.98. The Balaban J connectivity index is 1.43. The van der Waals surface area contributed by atoms with Gasteiger partial charge in [-0.3, -0.25) is 5.10 Å². The highest BCUT2D eigenvalue weighted by atomic mass is 16.3. The van der Waals surface area contributed by atoms with Crippen molar-refractivity contribution in [2.75, 3.05) is 5.32 Å². The van der Waals surface area contributed by atoms with Crippen LogP contribution < -0.4 is 5.32 Å². The van der Waals surface area contributed by atoms with E-state index >= 15 is 0 Å². The van der Waals surface area contributed by atoms with Gasteiger partial charge in [0, 0.05) is 41.1 Å². The van der Waals surface area contributed by atoms with E-state index in [9.17, 15) is 5.11 Å². The molecule has 3 aromatic heterocycles. The number of H-pyrrole nitrogens is 2. The van der Waals surface area contributed by atoms with E-state index < -0.39 is 5.60 Å². The third-order valence-corrected chi connectivity index (χ3v) is 6.95. The Morgan fingerprint density at radius 3 is 2.73 bits per heavy atom. The number of hydrogen-bond donors (Lipinski definition) is 4. The van der Waals surface area contributed by atoms with E-state index in [0.717, 1.165) is 47.1 Å². The zero-order valence-corrected chi connectivity index (χ0v) is 14.6. The van der Waals surface area contributed by atoms with Crippen LogP contribution >= 0.6 is 0 Å². The van der Waals surface area contributed by atoms with Crippen LogP contribution in [0.4, 0.5) is 5.69 Å². The predicted octanol–water partition coefficient (Wildman–Crippen LogP) is 3.30. The lowest BCUT2D eigenvalue weighted by atomic mass is 9.52. The quantitative estimate of drug-likeness (QED) is 0.584. The normalized spacial score (nSPS) is 35.3. The highest BCUT2D eigenvalue weighted by Crippen LogP contribution is 2.56. The molecule has 0 unspecified atom stereocenters. The average molecular weight is 349 g/mol. The smallest absolute Gasteiger partial charge is 0.139 e. The molecule has 0 saturated heterocycles. The van der Waals surface area contributed by atoms with E-state index in [4.69, 9.17) is 0 Å². The van der Waals surface area contributed by atoms with Gasteiger partial charge in [0.1, 0.15) is 5.65 Å². The number of anilines is 1. The highest BCUT2D eigenvalue weighted by Gasteiger charge is 2.54. The first-order chi connectivity index (χ1) is 12.7. The van der Waals surface area contributed by atoms with Gasteiger partial charge in [-0.05, 0) is 55.9 Å². The Kier molecular flexibility index (Phi) is 2.90. The Bertz CT molecular complexity index is 946. The molecule has 4 fully saturated rings. The second kappa shape index (κ2) is 5.10. The summed E-state index contributed by atoms with van der Waals surface area (Å²) in [6, 6.07) is 2.52. The first kappa shape index (κ1) is 14.8. The SMILES string of the molecule is OC12CC3C[C@H](C1)C(Nc1c(-c4cn[nH]c4)cnc4[nH]ccc14)[C@H](C3)C2. The summed E-state index contributed by atoms with van der Waals surface area (Å²) in [6.45, 7) is 0. The maximum Gasteiger partial charge on any atom is 0.139 e. The summed E-state index contributed by atoms with van der Waals surface area (Å²) in [5, 5.41) is 22.9. The molecule has 0 aliphatic heterocycles. The number of fused-ring (bicyclic) bond motifs is 1. The number of aliphatic hydroxyl groups is 1. The lowest BCUT2D eigenvalue weighted by Gasteiger charge is -2.58. The lowest BCUT2D eigenvalue weighted by Crippen LogP contribution is -2.59. The van der Waals surface area contributed by atoms with Crippen molar-refractivity contribution >= 4 is 16.7 Å². The fourth-order valence-corrected chi connectivity index (χ4v) is 6.16. The first-order valence-corrected chi connectivity index (χ1v) is 9.63. The molecule has 3 aromatic rings. The standard InChI is InChI=1S/C20H23N5O/c26-20-5-11-3-12(6-20)17(13(4-11)7-20)25-18-15-1-2-21-19(15)22-10-16(18)14-8-23-24-9-14/h1-2,8-13,17,26H,3-7H2,(H,23,24)(H2,21,22,25)/t11?,12-,13-,17?,20?/m1/s1. The van der Waals surface area contributed by atoms with Crippen LogP contribution in [0.1, 0.15) is 32.1 Å². The van der Waals surface area contributed by atoms with Crippen LogP contribution in [-0.4, -0.2) is 36.9 Å². The third kappa shape index (κ3) is 2.08. The summed E-state index contributed by atoms with van der Waals surface area (Å²) in [5.41, 5.74) is 3.78. The van der Waals surface area contributed by atoms with Crippen LogP contribution in [-0.2, 0) is 0 Å². The zero-order chi connectivity index (χ0) is 17.3. The number of hydrogen-bond acceptors (Lipinski definition) is 4. The maximum atomic E-state index is 10.9. The fraction of sp³-hybridized carbons (Fsp3) is 0.500. The van der Waals surface area contributed by atoms with Gasteiger partial charge in [0.15, 0.2) is 0 Å². The van der Waals surface area contributed by atoms with Crippen molar-refractivity contribution in [3.8, 4) is 11.1 Å². The molecule has 2 atom stereocenters. The van der Waals surface area contributed by atoms with Crippen molar-refractivity contribution in [3.05, 3.63) is 30.9 Å². The van der Waals surface area contributed by atoms with Crippen LogP contribution in [0.15, 0.2) is 30.9 Å². The van der Waals surface area contributed by atoms with Crippen LogP contribution in [0.3, 0.4) is 0 Å². The molecule has 3 heterocycles. The van der Waals surface area contributed by atoms with Gasteiger partial charge in [-0.2, -0.15) is 5.10 Å². The van der Waals surface area contributed by atoms with Crippen molar-refractivity contribution in [2.45, 2.75) is 43.7 Å². The van der Waals surface area contributed by atoms with Crippen molar-refractivity contribution in [2.24, 2.45) is 17.8 Å². The molecule has 0 radical (unpaired) electrons. The summed E-state index contributed by atoms with van der Waals surface area (Å²) in [7, 11) is 0. The van der Waals surface area contributed by atoms with Gasteiger partial charge in [0.25, 0.3) is 0 Å². The summed E-state index contributed by atoms with van der Waals surface area (Å²) in [5.74, 6) is 1.84. The van der Waals surface area contributed by atoms with Crippen LogP contribution in [0.5, 0.6) is 0 Å². The van der Waals surface area contributed by atoms with Gasteiger partial charge >= 0.3 is 0 Å². The number of rotatable bonds is 3. The largest absolute Gasteiger partial charge is 0.390 e. The molecule has 4 bridgehead atoms. The van der Waals surface area contributed by atoms with E-state index in [-0.39, 0.29) is 0 Å². The van der Waals surface area contributed by atoms with Crippen molar-refractivity contribution in [1.82, 2.24) is 20.2 Å². The molecule has 6 heteroatoms. The first-order valence-electron chi connectivity index (χ1n) is 9.63. The van der Waals surface area contributed by atoms with Crippen molar-refractivity contribution < 1.29 is 5.11 Å². The molecule has 4 N–H and O–H groups in total. The van der Waals surface area contributed by atoms with E-state index in [2.05, 4.69) is 31.5 Å². The molecule has 26 heavy (non-hydrogen) atoms. The van der Waals surface area contributed by atoms with Crippen LogP contribution in [0.2, 0.25) is 0 Å². The van der Waals surface area contributed by atoms with Gasteiger partial charge in [-0.25, -0.2) is 4.98 Å². The molecule has 4 saturated carbocycles. The maximum absolute atomic E-state index is 10.9. The van der Waals surface area contributed by atoms with Gasteiger partial charge in [-0.15, -0.1) is 0 Å². The van der Waals surface area contributed by atoms with Crippen LogP contribution in [0.25, 0.3) is 22.2 Å². The average Bonchev–Trinajstić information content (AvgIpc) is 3.27. The second-order valence-electron chi connectivity index (χ2n) is 8.64. The van der Waals surface area contributed by atoms with Gasteiger partial charge in [0.2, 0.25) is 0 Å². The van der Waals surface area contributed by atoms with Crippen LogP contribution in [0, 0.1) is 17.8 Å².